The fourth-order valence-corrected chi connectivity index (χ4v) is 2.66. The molecule has 0 spiro atoms. The Morgan fingerprint density at radius 2 is 2.12 bits per heavy atom. The van der Waals surface area contributed by atoms with E-state index in [2.05, 4.69) is 11.4 Å². The maximum atomic E-state index is 9.25. The third-order valence-electron chi connectivity index (χ3n) is 2.62. The van der Waals surface area contributed by atoms with Gasteiger partial charge in [0.15, 0.2) is 0 Å². The third-order valence-corrected chi connectivity index (χ3v) is 3.71. The van der Waals surface area contributed by atoms with Crippen LogP contribution in [0.3, 0.4) is 0 Å². The van der Waals surface area contributed by atoms with Gasteiger partial charge in [0.25, 0.3) is 0 Å². The highest BCUT2D eigenvalue weighted by Crippen LogP contribution is 2.26. The summed E-state index contributed by atoms with van der Waals surface area (Å²) in [7, 11) is 0. The zero-order chi connectivity index (χ0) is 12.3. The monoisotopic (exact) mass is 242 g/mol. The van der Waals surface area contributed by atoms with Crippen molar-refractivity contribution in [1.82, 2.24) is 0 Å². The normalized spacial score (nSPS) is 11.8. The summed E-state index contributed by atoms with van der Waals surface area (Å²) in [6.45, 7) is 4.08. The molecule has 0 aliphatic carbocycles. The topological polar surface area (TPSA) is 35.8 Å². The van der Waals surface area contributed by atoms with E-state index in [0.29, 0.717) is 0 Å². The molecular formula is C14H14N2S. The first-order valence-electron chi connectivity index (χ1n) is 5.47. The minimum Gasteiger partial charge on any atom is -0.366 e. The van der Waals surface area contributed by atoms with E-state index in [1.165, 1.54) is 11.1 Å². The fraction of sp³-hybridized carbons (Fsp3) is 0.214. The summed E-state index contributed by atoms with van der Waals surface area (Å²) in [5.41, 5.74) is 3.35. The number of hydrogen-bond donors (Lipinski definition) is 1. The van der Waals surface area contributed by atoms with Crippen LogP contribution < -0.4 is 5.32 Å². The molecule has 1 aromatic carbocycles. The van der Waals surface area contributed by atoms with Crippen LogP contribution in [0, 0.1) is 25.2 Å². The van der Waals surface area contributed by atoms with Crippen molar-refractivity contribution in [2.75, 3.05) is 5.32 Å². The number of anilines is 1. The van der Waals surface area contributed by atoms with Crippen molar-refractivity contribution in [2.24, 2.45) is 0 Å². The first-order valence-corrected chi connectivity index (χ1v) is 6.35. The molecule has 86 valence electrons. The van der Waals surface area contributed by atoms with E-state index in [1.54, 1.807) is 11.3 Å². The lowest BCUT2D eigenvalue weighted by Gasteiger charge is -2.13. The van der Waals surface area contributed by atoms with Crippen LogP contribution in [0.1, 0.15) is 22.0 Å². The molecule has 1 unspecified atom stereocenters. The first-order chi connectivity index (χ1) is 8.20. The van der Waals surface area contributed by atoms with E-state index in [9.17, 15) is 5.26 Å². The number of nitriles is 1. The number of nitrogens with one attached hydrogen (secondary N) is 1. The van der Waals surface area contributed by atoms with Crippen LogP contribution in [0.4, 0.5) is 5.69 Å². The van der Waals surface area contributed by atoms with Gasteiger partial charge in [0, 0.05) is 10.6 Å². The Labute approximate surface area is 106 Å². The summed E-state index contributed by atoms with van der Waals surface area (Å²) in [6.07, 6.45) is 0. The summed E-state index contributed by atoms with van der Waals surface area (Å²) in [5.74, 6) is 0. The average molecular weight is 242 g/mol. The number of rotatable bonds is 3. The zero-order valence-electron chi connectivity index (χ0n) is 9.90. The maximum absolute atomic E-state index is 9.25. The number of aryl methyl sites for hydroxylation is 2. The van der Waals surface area contributed by atoms with Gasteiger partial charge in [0.1, 0.15) is 6.04 Å². The second-order valence-corrected chi connectivity index (χ2v) is 4.99. The summed E-state index contributed by atoms with van der Waals surface area (Å²) >= 11 is 1.62. The molecule has 2 rings (SSSR count). The Morgan fingerprint density at radius 1 is 1.29 bits per heavy atom. The molecule has 0 amide bonds. The molecule has 0 saturated heterocycles. The van der Waals surface area contributed by atoms with Crippen LogP contribution >= 0.6 is 11.3 Å². The largest absolute Gasteiger partial charge is 0.366 e. The first kappa shape index (κ1) is 11.7. The van der Waals surface area contributed by atoms with Gasteiger partial charge in [0.2, 0.25) is 0 Å². The Bertz CT molecular complexity index is 551. The van der Waals surface area contributed by atoms with E-state index >= 15 is 0 Å². The molecule has 0 bridgehead atoms. The quantitative estimate of drug-likeness (QED) is 0.881. The lowest BCUT2D eigenvalue weighted by Crippen LogP contribution is -2.07. The highest BCUT2D eigenvalue weighted by Gasteiger charge is 2.13. The molecule has 2 aromatic rings. The molecule has 0 saturated carbocycles. The summed E-state index contributed by atoms with van der Waals surface area (Å²) in [6, 6.07) is 12.2. The number of thiophene rings is 1. The van der Waals surface area contributed by atoms with Crippen molar-refractivity contribution in [1.29, 1.82) is 5.26 Å². The molecular weight excluding hydrogens is 228 g/mol. The summed E-state index contributed by atoms with van der Waals surface area (Å²) in [5, 5.41) is 14.5. The van der Waals surface area contributed by atoms with Gasteiger partial charge in [-0.2, -0.15) is 5.26 Å². The van der Waals surface area contributed by atoms with Crippen molar-refractivity contribution >= 4 is 17.0 Å². The molecule has 17 heavy (non-hydrogen) atoms. The van der Waals surface area contributed by atoms with Gasteiger partial charge in [0.05, 0.1) is 6.07 Å². The predicted molar refractivity (Wildman–Crippen MR) is 72.2 cm³/mol. The van der Waals surface area contributed by atoms with E-state index in [4.69, 9.17) is 0 Å². The van der Waals surface area contributed by atoms with Crippen LogP contribution in [0.5, 0.6) is 0 Å². The molecule has 0 radical (unpaired) electrons. The van der Waals surface area contributed by atoms with Gasteiger partial charge in [-0.3, -0.25) is 0 Å². The van der Waals surface area contributed by atoms with E-state index in [1.807, 2.05) is 49.6 Å². The van der Waals surface area contributed by atoms with E-state index < -0.39 is 0 Å². The van der Waals surface area contributed by atoms with E-state index in [-0.39, 0.29) is 6.04 Å². The van der Waals surface area contributed by atoms with E-state index in [0.717, 1.165) is 10.6 Å². The predicted octanol–water partition coefficient (Wildman–Crippen LogP) is 4.04. The number of hydrogen-bond acceptors (Lipinski definition) is 3. The van der Waals surface area contributed by atoms with Crippen molar-refractivity contribution in [3.63, 3.8) is 0 Å². The smallest absolute Gasteiger partial charge is 0.149 e. The van der Waals surface area contributed by atoms with Gasteiger partial charge >= 0.3 is 0 Å². The SMILES string of the molecule is Cc1cccc(NC(C#N)c2sccc2C)c1. The molecule has 3 heteroatoms. The average Bonchev–Trinajstić information content (AvgIpc) is 2.72. The third kappa shape index (κ3) is 2.66. The number of nitrogens with zero attached hydrogens (tertiary/aromatic N) is 1. The molecule has 1 aromatic heterocycles. The van der Waals surface area contributed by atoms with Gasteiger partial charge in [-0.05, 0) is 48.6 Å². The molecule has 0 aliphatic rings. The number of benzene rings is 1. The van der Waals surface area contributed by atoms with Crippen LogP contribution in [0.15, 0.2) is 35.7 Å². The van der Waals surface area contributed by atoms with Crippen molar-refractivity contribution in [3.05, 3.63) is 51.7 Å². The highest BCUT2D eigenvalue weighted by molar-refractivity contribution is 7.10. The van der Waals surface area contributed by atoms with Gasteiger partial charge in [-0.25, -0.2) is 0 Å². The Hall–Kier alpha value is -1.79. The van der Waals surface area contributed by atoms with Crippen LogP contribution in [0.2, 0.25) is 0 Å². The van der Waals surface area contributed by atoms with Crippen molar-refractivity contribution in [3.8, 4) is 6.07 Å². The zero-order valence-corrected chi connectivity index (χ0v) is 10.7. The molecule has 0 fully saturated rings. The minimum absolute atomic E-state index is 0.267. The van der Waals surface area contributed by atoms with Gasteiger partial charge in [-0.1, -0.05) is 12.1 Å². The molecule has 1 heterocycles. The Balaban J connectivity index is 2.23. The van der Waals surface area contributed by atoms with Crippen LogP contribution in [-0.4, -0.2) is 0 Å². The standard InChI is InChI=1S/C14H14N2S/c1-10-4-3-5-12(8-10)16-13(9-15)14-11(2)6-7-17-14/h3-8,13,16H,1-2H3. The van der Waals surface area contributed by atoms with Crippen molar-refractivity contribution in [2.45, 2.75) is 19.9 Å². The Morgan fingerprint density at radius 3 is 2.71 bits per heavy atom. The second-order valence-electron chi connectivity index (χ2n) is 4.04. The van der Waals surface area contributed by atoms with Gasteiger partial charge < -0.3 is 5.32 Å². The fourth-order valence-electron chi connectivity index (χ4n) is 1.74. The van der Waals surface area contributed by atoms with Crippen LogP contribution in [0.25, 0.3) is 0 Å². The minimum atomic E-state index is -0.267. The maximum Gasteiger partial charge on any atom is 0.149 e. The highest BCUT2D eigenvalue weighted by atomic mass is 32.1. The van der Waals surface area contributed by atoms with Gasteiger partial charge in [-0.15, -0.1) is 11.3 Å². The Kier molecular flexibility index (Phi) is 3.46. The second kappa shape index (κ2) is 5.03. The summed E-state index contributed by atoms with van der Waals surface area (Å²) < 4.78 is 0. The van der Waals surface area contributed by atoms with Crippen molar-refractivity contribution < 1.29 is 0 Å². The molecule has 0 aliphatic heterocycles. The molecule has 1 atom stereocenters. The summed E-state index contributed by atoms with van der Waals surface area (Å²) in [4.78, 5) is 1.09. The molecule has 1 N–H and O–H groups in total. The lowest BCUT2D eigenvalue weighted by molar-refractivity contribution is 1.01. The molecule has 2 nitrogen and oxygen atoms in total. The van der Waals surface area contributed by atoms with Crippen LogP contribution in [-0.2, 0) is 0 Å². The lowest BCUT2D eigenvalue weighted by atomic mass is 10.1.